The lowest BCUT2D eigenvalue weighted by Gasteiger charge is -2.32. The second kappa shape index (κ2) is 11.8. The normalized spacial score (nSPS) is 13.1. The maximum atomic E-state index is 13.6. The second-order valence-electron chi connectivity index (χ2n) is 8.66. The molecule has 0 bridgehead atoms. The molecule has 0 unspecified atom stereocenters. The molecule has 1 N–H and O–H groups in total. The number of carbonyl (C=O) groups is 2. The van der Waals surface area contributed by atoms with Crippen LogP contribution in [-0.2, 0) is 26.2 Å². The molecule has 9 heteroatoms. The molecule has 0 spiro atoms. The van der Waals surface area contributed by atoms with Gasteiger partial charge < -0.3 is 10.2 Å². The first-order valence-corrected chi connectivity index (χ1v) is 13.9. The van der Waals surface area contributed by atoms with Crippen LogP contribution in [0.2, 0.25) is 0 Å². The average molecular weight is 553 g/mol. The zero-order valence-corrected chi connectivity index (χ0v) is 23.0. The predicted molar refractivity (Wildman–Crippen MR) is 140 cm³/mol. The number of anilines is 1. The third kappa shape index (κ3) is 7.30. The monoisotopic (exact) mass is 551 g/mol. The summed E-state index contributed by atoms with van der Waals surface area (Å²) in [6.45, 7) is 8.92. The predicted octanol–water partition coefficient (Wildman–Crippen LogP) is 4.16. The molecule has 0 aromatic heterocycles. The van der Waals surface area contributed by atoms with Crippen molar-refractivity contribution in [2.75, 3.05) is 17.1 Å². The van der Waals surface area contributed by atoms with E-state index in [1.165, 1.54) is 4.90 Å². The first kappa shape index (κ1) is 27.9. The van der Waals surface area contributed by atoms with Crippen molar-refractivity contribution in [3.05, 3.63) is 63.6 Å². The van der Waals surface area contributed by atoms with Crippen LogP contribution < -0.4 is 9.62 Å². The third-order valence-electron chi connectivity index (χ3n) is 5.78. The number of nitrogens with zero attached hydrogens (tertiary/aromatic N) is 2. The van der Waals surface area contributed by atoms with Crippen LogP contribution in [0.5, 0.6) is 0 Å². The summed E-state index contributed by atoms with van der Waals surface area (Å²) in [5.74, 6) is -0.740. The Balaban J connectivity index is 2.45. The molecule has 0 saturated carbocycles. The summed E-state index contributed by atoms with van der Waals surface area (Å²) in [6, 6.07) is 12.1. The van der Waals surface area contributed by atoms with Gasteiger partial charge in [-0.1, -0.05) is 53.2 Å². The summed E-state index contributed by atoms with van der Waals surface area (Å²) in [5.41, 5.74) is 2.81. The van der Waals surface area contributed by atoms with Crippen molar-refractivity contribution < 1.29 is 18.0 Å². The maximum Gasteiger partial charge on any atom is 0.244 e. The number of hydrogen-bond donors (Lipinski definition) is 1. The van der Waals surface area contributed by atoms with Gasteiger partial charge in [-0.3, -0.25) is 13.9 Å². The largest absolute Gasteiger partial charge is 0.352 e. The summed E-state index contributed by atoms with van der Waals surface area (Å²) in [7, 11) is -3.76. The Labute approximate surface area is 211 Å². The second-order valence-corrected chi connectivity index (χ2v) is 11.5. The van der Waals surface area contributed by atoms with Crippen LogP contribution >= 0.6 is 15.9 Å². The Morgan fingerprint density at radius 3 is 2.18 bits per heavy atom. The van der Waals surface area contributed by atoms with E-state index in [0.29, 0.717) is 5.69 Å². The first-order valence-electron chi connectivity index (χ1n) is 11.2. The number of benzene rings is 2. The molecule has 2 aromatic carbocycles. The van der Waals surface area contributed by atoms with Gasteiger partial charge in [-0.2, -0.15) is 0 Å². The van der Waals surface area contributed by atoms with Gasteiger partial charge in [-0.25, -0.2) is 8.42 Å². The highest BCUT2D eigenvalue weighted by Crippen LogP contribution is 2.27. The lowest BCUT2D eigenvalue weighted by Crippen LogP contribution is -2.52. The highest BCUT2D eigenvalue weighted by molar-refractivity contribution is 9.10. The van der Waals surface area contributed by atoms with Crippen molar-refractivity contribution in [1.82, 2.24) is 10.2 Å². The van der Waals surface area contributed by atoms with E-state index in [-0.39, 0.29) is 18.5 Å². The van der Waals surface area contributed by atoms with Crippen LogP contribution in [0.25, 0.3) is 0 Å². The van der Waals surface area contributed by atoms with Gasteiger partial charge in [0.2, 0.25) is 21.8 Å². The Hall–Kier alpha value is -2.39. The molecule has 2 aromatic rings. The van der Waals surface area contributed by atoms with E-state index in [9.17, 15) is 18.0 Å². The molecule has 2 amide bonds. The molecule has 34 heavy (non-hydrogen) atoms. The molecule has 0 aliphatic carbocycles. The quantitative estimate of drug-likeness (QED) is 0.480. The van der Waals surface area contributed by atoms with Crippen LogP contribution in [0.15, 0.2) is 46.9 Å². The minimum absolute atomic E-state index is 0.0418. The zero-order valence-electron chi connectivity index (χ0n) is 20.6. The number of para-hydroxylation sites is 1. The Morgan fingerprint density at radius 1 is 1.06 bits per heavy atom. The van der Waals surface area contributed by atoms with Gasteiger partial charge in [-0.05, 0) is 62.9 Å². The topological polar surface area (TPSA) is 86.8 Å². The molecule has 0 saturated heterocycles. The van der Waals surface area contributed by atoms with Crippen LogP contribution in [-0.4, -0.2) is 50.0 Å². The molecule has 2 rings (SSSR count). The van der Waals surface area contributed by atoms with E-state index in [1.807, 2.05) is 70.2 Å². The van der Waals surface area contributed by atoms with Crippen molar-refractivity contribution in [3.63, 3.8) is 0 Å². The van der Waals surface area contributed by atoms with Gasteiger partial charge >= 0.3 is 0 Å². The third-order valence-corrected chi connectivity index (χ3v) is 7.38. The number of nitrogens with one attached hydrogen (secondary N) is 1. The van der Waals surface area contributed by atoms with Crippen LogP contribution in [0, 0.1) is 13.8 Å². The standard InChI is InChI=1S/C25H34BrN3O4S/c1-7-19(4)27-25(31)20(5)28(15-21-12-9-13-22(26)14-21)23(30)16-29(34(6,32)33)24-17(2)10-8-11-18(24)3/h8-14,19-20H,7,15-16H2,1-6H3,(H,27,31)/t19-,20+/m0/s1. The van der Waals surface area contributed by atoms with E-state index >= 15 is 0 Å². The van der Waals surface area contributed by atoms with Gasteiger partial charge in [-0.15, -0.1) is 0 Å². The molecule has 186 valence electrons. The van der Waals surface area contributed by atoms with Crippen molar-refractivity contribution in [2.24, 2.45) is 0 Å². The zero-order chi connectivity index (χ0) is 25.6. The van der Waals surface area contributed by atoms with Crippen LogP contribution in [0.4, 0.5) is 5.69 Å². The maximum absolute atomic E-state index is 13.6. The average Bonchev–Trinajstić information content (AvgIpc) is 2.75. The number of amides is 2. The SMILES string of the molecule is CC[C@H](C)NC(=O)[C@@H](C)N(Cc1cccc(Br)c1)C(=O)CN(c1c(C)cccc1C)S(C)(=O)=O. The fourth-order valence-corrected chi connectivity index (χ4v) is 5.07. The van der Waals surface area contributed by atoms with E-state index < -0.39 is 28.5 Å². The van der Waals surface area contributed by atoms with E-state index in [2.05, 4.69) is 21.2 Å². The Bertz CT molecular complexity index is 1120. The Morgan fingerprint density at radius 2 is 1.65 bits per heavy atom. The van der Waals surface area contributed by atoms with E-state index in [0.717, 1.165) is 38.1 Å². The Kier molecular flexibility index (Phi) is 9.70. The fourth-order valence-electron chi connectivity index (χ4n) is 3.66. The lowest BCUT2D eigenvalue weighted by atomic mass is 10.1. The molecule has 0 aliphatic heterocycles. The minimum Gasteiger partial charge on any atom is -0.352 e. The number of carbonyl (C=O) groups excluding carboxylic acids is 2. The minimum atomic E-state index is -3.76. The summed E-state index contributed by atoms with van der Waals surface area (Å²) in [5, 5.41) is 2.92. The smallest absolute Gasteiger partial charge is 0.244 e. The van der Waals surface area contributed by atoms with Crippen LogP contribution in [0.1, 0.15) is 43.9 Å². The van der Waals surface area contributed by atoms with Gasteiger partial charge in [0, 0.05) is 17.1 Å². The number of sulfonamides is 1. The fraction of sp³-hybridized carbons (Fsp3) is 0.440. The summed E-state index contributed by atoms with van der Waals surface area (Å²) in [6.07, 6.45) is 1.84. The summed E-state index contributed by atoms with van der Waals surface area (Å²) >= 11 is 3.44. The van der Waals surface area contributed by atoms with Crippen molar-refractivity contribution in [3.8, 4) is 0 Å². The number of rotatable bonds is 10. The molecule has 0 aliphatic rings. The molecular weight excluding hydrogens is 518 g/mol. The molecule has 0 radical (unpaired) electrons. The highest BCUT2D eigenvalue weighted by Gasteiger charge is 2.31. The van der Waals surface area contributed by atoms with E-state index in [4.69, 9.17) is 0 Å². The summed E-state index contributed by atoms with van der Waals surface area (Å²) in [4.78, 5) is 28.0. The van der Waals surface area contributed by atoms with Gasteiger partial charge in [0.15, 0.2) is 0 Å². The molecule has 0 heterocycles. The molecule has 2 atom stereocenters. The lowest BCUT2D eigenvalue weighted by molar-refractivity contribution is -0.139. The van der Waals surface area contributed by atoms with Gasteiger partial charge in [0.1, 0.15) is 12.6 Å². The van der Waals surface area contributed by atoms with Crippen molar-refractivity contribution in [2.45, 2.75) is 59.7 Å². The number of aryl methyl sites for hydroxylation is 2. The number of halogens is 1. The van der Waals surface area contributed by atoms with Crippen molar-refractivity contribution >= 4 is 43.5 Å². The molecular formula is C25H34BrN3O4S. The molecule has 7 nitrogen and oxygen atoms in total. The van der Waals surface area contributed by atoms with Gasteiger partial charge in [0.05, 0.1) is 11.9 Å². The molecule has 0 fully saturated rings. The van der Waals surface area contributed by atoms with Crippen molar-refractivity contribution in [1.29, 1.82) is 0 Å². The van der Waals surface area contributed by atoms with Crippen LogP contribution in [0.3, 0.4) is 0 Å². The van der Waals surface area contributed by atoms with Gasteiger partial charge in [0.25, 0.3) is 0 Å². The first-order chi connectivity index (χ1) is 15.8. The van der Waals surface area contributed by atoms with E-state index in [1.54, 1.807) is 6.92 Å². The highest BCUT2D eigenvalue weighted by atomic mass is 79.9. The number of hydrogen-bond acceptors (Lipinski definition) is 4. The summed E-state index contributed by atoms with van der Waals surface area (Å²) < 4.78 is 27.5.